The predicted molar refractivity (Wildman–Crippen MR) is 161 cm³/mol. The van der Waals surface area contributed by atoms with Gasteiger partial charge >= 0.3 is 18.2 Å². The van der Waals surface area contributed by atoms with Gasteiger partial charge in [0.15, 0.2) is 5.84 Å². The quantitative estimate of drug-likeness (QED) is 0.0915. The van der Waals surface area contributed by atoms with E-state index in [-0.39, 0.29) is 25.3 Å². The van der Waals surface area contributed by atoms with E-state index in [1.807, 2.05) is 0 Å². The lowest BCUT2D eigenvalue weighted by molar-refractivity contribution is -0.148. The van der Waals surface area contributed by atoms with E-state index < -0.39 is 29.4 Å². The third kappa shape index (κ3) is 14.4. The molecule has 0 bridgehead atoms. The van der Waals surface area contributed by atoms with E-state index in [2.05, 4.69) is 12.4 Å². The number of nitrogens with zero attached hydrogens (tertiary/aromatic N) is 1. The van der Waals surface area contributed by atoms with Gasteiger partial charge in [0.05, 0.1) is 5.56 Å². The first-order valence-electron chi connectivity index (χ1n) is 15.1. The number of amidine groups is 1. The number of hydrogen-bond donors (Lipinski definition) is 2. The molecule has 2 rings (SSSR count). The normalized spacial score (nSPS) is 11.6. The summed E-state index contributed by atoms with van der Waals surface area (Å²) in [5, 5.41) is 8.20. The number of unbranched alkanes of at least 4 members (excludes halogenated alkanes) is 8. The first-order chi connectivity index (χ1) is 20.3. The van der Waals surface area contributed by atoms with Crippen LogP contribution in [-0.4, -0.2) is 28.4 Å². The Morgan fingerprint density at radius 3 is 1.77 bits per heavy atom. The number of rotatable bonds is 15. The maximum Gasteiger partial charge on any atom is 0.416 e. The van der Waals surface area contributed by atoms with E-state index in [4.69, 9.17) is 15.0 Å². The summed E-state index contributed by atoms with van der Waals surface area (Å²) in [6, 6.07) is 11.4. The summed E-state index contributed by atoms with van der Waals surface area (Å²) in [6.07, 6.45) is 5.57. The van der Waals surface area contributed by atoms with Crippen LogP contribution in [0.25, 0.3) is 0 Å². The van der Waals surface area contributed by atoms with Gasteiger partial charge < -0.3 is 9.57 Å². The van der Waals surface area contributed by atoms with E-state index in [0.717, 1.165) is 37.0 Å². The maximum atomic E-state index is 13.0. The minimum Gasteiger partial charge on any atom is -0.444 e. The minimum absolute atomic E-state index is 0.0427. The second-order valence-electron chi connectivity index (χ2n) is 11.8. The Morgan fingerprint density at radius 1 is 0.791 bits per heavy atom. The highest BCUT2D eigenvalue weighted by Gasteiger charge is 2.30. The lowest BCUT2D eigenvalue weighted by Crippen LogP contribution is -2.36. The molecule has 0 aliphatic heterocycles. The van der Waals surface area contributed by atoms with Gasteiger partial charge in [0.2, 0.25) is 0 Å². The SMILES string of the molecule is CCCCCCCCCCCC(=O)ONC(=N)c1ccc(CN(Cc2ccc(C(F)(F)F)cc2)C(=O)OC(C)(C)C)cc1. The first-order valence-corrected chi connectivity index (χ1v) is 15.1. The molecule has 0 saturated carbocycles. The van der Waals surface area contributed by atoms with Gasteiger partial charge in [-0.05, 0) is 50.5 Å². The average molecular weight is 606 g/mol. The Bertz CT molecular complexity index is 1140. The highest BCUT2D eigenvalue weighted by atomic mass is 19.4. The zero-order chi connectivity index (χ0) is 31.9. The van der Waals surface area contributed by atoms with Crippen LogP contribution in [-0.2, 0) is 33.6 Å². The number of hydroxylamine groups is 1. The third-order valence-electron chi connectivity index (χ3n) is 6.67. The lowest BCUT2D eigenvalue weighted by Gasteiger charge is -2.28. The van der Waals surface area contributed by atoms with Crippen molar-refractivity contribution in [2.24, 2.45) is 0 Å². The molecule has 0 unspecified atom stereocenters. The second kappa shape index (κ2) is 17.5. The molecule has 0 radical (unpaired) electrons. The van der Waals surface area contributed by atoms with Crippen molar-refractivity contribution >= 4 is 17.9 Å². The molecular weight excluding hydrogens is 559 g/mol. The number of benzene rings is 2. The minimum atomic E-state index is -4.45. The Labute approximate surface area is 253 Å². The van der Waals surface area contributed by atoms with Crippen molar-refractivity contribution in [2.45, 2.75) is 117 Å². The monoisotopic (exact) mass is 605 g/mol. The zero-order valence-corrected chi connectivity index (χ0v) is 25.8. The summed E-state index contributed by atoms with van der Waals surface area (Å²) in [5.41, 5.74) is 2.60. The Kier molecular flexibility index (Phi) is 14.5. The highest BCUT2D eigenvalue weighted by molar-refractivity contribution is 5.96. The topological polar surface area (TPSA) is 91.7 Å². The number of halogens is 3. The molecule has 0 saturated heterocycles. The molecule has 2 aromatic carbocycles. The molecule has 10 heteroatoms. The van der Waals surface area contributed by atoms with Gasteiger partial charge in [-0.15, -0.1) is 0 Å². The summed E-state index contributed by atoms with van der Waals surface area (Å²) < 4.78 is 44.4. The van der Waals surface area contributed by atoms with Gasteiger partial charge in [0.1, 0.15) is 5.60 Å². The zero-order valence-electron chi connectivity index (χ0n) is 25.8. The molecule has 43 heavy (non-hydrogen) atoms. The lowest BCUT2D eigenvalue weighted by atomic mass is 10.1. The van der Waals surface area contributed by atoms with Gasteiger partial charge in [0.25, 0.3) is 0 Å². The van der Waals surface area contributed by atoms with Crippen molar-refractivity contribution < 1.29 is 32.3 Å². The smallest absolute Gasteiger partial charge is 0.416 e. The van der Waals surface area contributed by atoms with Crippen LogP contribution in [0, 0.1) is 5.41 Å². The first kappa shape index (κ1) is 35.6. The number of hydrogen-bond acceptors (Lipinski definition) is 5. The molecule has 1 amide bonds. The fourth-order valence-electron chi connectivity index (χ4n) is 4.33. The molecule has 0 atom stereocenters. The standard InChI is InChI=1S/C33H46F3N3O4/c1-5-6-7-8-9-10-11-12-13-14-29(40)43-38-30(37)27-19-15-25(16-20-27)23-39(31(41)42-32(2,3)4)24-26-17-21-28(22-18-26)33(34,35)36/h15-22H,5-14,23-24H2,1-4H3,(H2,37,38). The van der Waals surface area contributed by atoms with Crippen LogP contribution in [0.15, 0.2) is 48.5 Å². The number of ether oxygens (including phenoxy) is 1. The van der Waals surface area contributed by atoms with Gasteiger partial charge in [0, 0.05) is 25.1 Å². The van der Waals surface area contributed by atoms with Gasteiger partial charge in [-0.3, -0.25) is 10.3 Å². The molecule has 0 aliphatic rings. The third-order valence-corrected chi connectivity index (χ3v) is 6.67. The summed E-state index contributed by atoms with van der Waals surface area (Å²) in [7, 11) is 0. The Morgan fingerprint density at radius 2 is 1.28 bits per heavy atom. The molecule has 0 aliphatic carbocycles. The van der Waals surface area contributed by atoms with Crippen LogP contribution in [0.2, 0.25) is 0 Å². The van der Waals surface area contributed by atoms with E-state index in [1.165, 1.54) is 55.6 Å². The van der Waals surface area contributed by atoms with Crippen molar-refractivity contribution in [1.82, 2.24) is 10.4 Å². The molecule has 0 heterocycles. The van der Waals surface area contributed by atoms with Crippen molar-refractivity contribution in [2.75, 3.05) is 0 Å². The van der Waals surface area contributed by atoms with Crippen LogP contribution < -0.4 is 5.48 Å². The van der Waals surface area contributed by atoms with Crippen molar-refractivity contribution in [1.29, 1.82) is 5.41 Å². The number of nitrogens with one attached hydrogen (secondary N) is 2. The molecule has 238 valence electrons. The summed E-state index contributed by atoms with van der Waals surface area (Å²) in [5.74, 6) is -0.499. The molecule has 2 N–H and O–H groups in total. The van der Waals surface area contributed by atoms with Crippen LogP contribution in [0.1, 0.15) is 114 Å². The predicted octanol–water partition coefficient (Wildman–Crippen LogP) is 8.94. The van der Waals surface area contributed by atoms with Crippen LogP contribution in [0.3, 0.4) is 0 Å². The molecule has 0 aromatic heterocycles. The van der Waals surface area contributed by atoms with Gasteiger partial charge in [-0.2, -0.15) is 13.2 Å². The van der Waals surface area contributed by atoms with E-state index >= 15 is 0 Å². The Balaban J connectivity index is 1.87. The van der Waals surface area contributed by atoms with Gasteiger partial charge in [-0.25, -0.2) is 15.1 Å². The Hall–Kier alpha value is -3.56. The van der Waals surface area contributed by atoms with Crippen LogP contribution in [0.5, 0.6) is 0 Å². The number of amides is 1. The molecule has 7 nitrogen and oxygen atoms in total. The van der Waals surface area contributed by atoms with Crippen molar-refractivity contribution in [3.63, 3.8) is 0 Å². The fourth-order valence-corrected chi connectivity index (χ4v) is 4.33. The molecule has 0 spiro atoms. The summed E-state index contributed by atoms with van der Waals surface area (Å²) in [6.45, 7) is 7.58. The largest absolute Gasteiger partial charge is 0.444 e. The van der Waals surface area contributed by atoms with E-state index in [9.17, 15) is 22.8 Å². The van der Waals surface area contributed by atoms with Crippen LogP contribution in [0.4, 0.5) is 18.0 Å². The van der Waals surface area contributed by atoms with Crippen molar-refractivity contribution in [3.05, 3.63) is 70.8 Å². The fraction of sp³-hybridized carbons (Fsp3) is 0.545. The summed E-state index contributed by atoms with van der Waals surface area (Å²) >= 11 is 0. The van der Waals surface area contributed by atoms with Crippen LogP contribution >= 0.6 is 0 Å². The molecule has 2 aromatic rings. The van der Waals surface area contributed by atoms with E-state index in [0.29, 0.717) is 11.1 Å². The van der Waals surface area contributed by atoms with Crippen molar-refractivity contribution in [3.8, 4) is 0 Å². The van der Waals surface area contributed by atoms with Gasteiger partial charge in [-0.1, -0.05) is 94.7 Å². The number of carbonyl (C=O) groups excluding carboxylic acids is 2. The summed E-state index contributed by atoms with van der Waals surface area (Å²) in [4.78, 5) is 31.4. The molecule has 0 fully saturated rings. The molecular formula is C33H46F3N3O4. The number of alkyl halides is 3. The maximum absolute atomic E-state index is 13.0. The highest BCUT2D eigenvalue weighted by Crippen LogP contribution is 2.29. The van der Waals surface area contributed by atoms with E-state index in [1.54, 1.807) is 45.0 Å². The average Bonchev–Trinajstić information content (AvgIpc) is 2.94. The second-order valence-corrected chi connectivity index (χ2v) is 11.8. The number of carbonyl (C=O) groups is 2.